The van der Waals surface area contributed by atoms with Gasteiger partial charge in [0.2, 0.25) is 0 Å². The molecule has 3 nitrogen and oxygen atoms in total. The highest BCUT2D eigenvalue weighted by molar-refractivity contribution is 5.44. The molecule has 1 aliphatic heterocycles. The van der Waals surface area contributed by atoms with Crippen molar-refractivity contribution < 1.29 is 9.84 Å². The van der Waals surface area contributed by atoms with E-state index in [1.807, 2.05) is 0 Å². The van der Waals surface area contributed by atoms with E-state index in [9.17, 15) is 5.11 Å². The molecule has 3 unspecified atom stereocenters. The van der Waals surface area contributed by atoms with Crippen molar-refractivity contribution in [1.29, 1.82) is 0 Å². The molecule has 2 aliphatic rings. The lowest BCUT2D eigenvalue weighted by atomic mass is 9.87. The van der Waals surface area contributed by atoms with Crippen molar-refractivity contribution in [3.63, 3.8) is 0 Å². The van der Waals surface area contributed by atoms with Crippen LogP contribution in [0.5, 0.6) is 5.75 Å². The monoisotopic (exact) mass is 303 g/mol. The average molecular weight is 303 g/mol. The fourth-order valence-corrected chi connectivity index (χ4v) is 3.80. The maximum absolute atomic E-state index is 9.84. The van der Waals surface area contributed by atoms with Crippen LogP contribution in [0.25, 0.3) is 0 Å². The molecule has 0 saturated heterocycles. The molecule has 2 N–H and O–H groups in total. The Kier molecular flexibility index (Phi) is 5.04. The Morgan fingerprint density at radius 1 is 1.14 bits per heavy atom. The van der Waals surface area contributed by atoms with Gasteiger partial charge in [-0.25, -0.2) is 0 Å². The maximum atomic E-state index is 9.84. The molecule has 1 aliphatic carbocycles. The molecule has 0 aromatic heterocycles. The highest BCUT2D eigenvalue weighted by Gasteiger charge is 2.24. The van der Waals surface area contributed by atoms with E-state index in [0.29, 0.717) is 12.0 Å². The summed E-state index contributed by atoms with van der Waals surface area (Å²) >= 11 is 0. The van der Waals surface area contributed by atoms with E-state index in [2.05, 4.69) is 31.3 Å². The second kappa shape index (κ2) is 7.01. The minimum absolute atomic E-state index is 0.0878. The molecule has 122 valence electrons. The lowest BCUT2D eigenvalue weighted by Crippen LogP contribution is -2.31. The van der Waals surface area contributed by atoms with Gasteiger partial charge in [0.15, 0.2) is 0 Å². The van der Waals surface area contributed by atoms with Crippen molar-refractivity contribution in [3.8, 4) is 5.75 Å². The van der Waals surface area contributed by atoms with Crippen LogP contribution in [0.2, 0.25) is 0 Å². The van der Waals surface area contributed by atoms with Crippen LogP contribution in [0.4, 0.5) is 0 Å². The van der Waals surface area contributed by atoms with E-state index in [-0.39, 0.29) is 6.10 Å². The molecular weight excluding hydrogens is 274 g/mol. The average Bonchev–Trinajstić information content (AvgIpc) is 2.68. The highest BCUT2D eigenvalue weighted by Crippen LogP contribution is 2.34. The summed E-state index contributed by atoms with van der Waals surface area (Å²) in [5.41, 5.74) is 3.95. The normalized spacial score (nSPS) is 28.6. The molecular formula is C19H29NO2. The number of rotatable bonds is 3. The van der Waals surface area contributed by atoms with Crippen molar-refractivity contribution in [2.45, 2.75) is 64.5 Å². The van der Waals surface area contributed by atoms with Crippen molar-refractivity contribution >= 4 is 0 Å². The third kappa shape index (κ3) is 3.64. The fraction of sp³-hybridized carbons (Fsp3) is 0.684. The van der Waals surface area contributed by atoms with E-state index < -0.39 is 0 Å². The van der Waals surface area contributed by atoms with Crippen LogP contribution >= 0.6 is 0 Å². The molecule has 1 aromatic carbocycles. The summed E-state index contributed by atoms with van der Waals surface area (Å²) in [5, 5.41) is 13.6. The zero-order chi connectivity index (χ0) is 15.5. The number of aliphatic hydroxyl groups excluding tert-OH is 1. The minimum Gasteiger partial charge on any atom is -0.493 e. The van der Waals surface area contributed by atoms with Gasteiger partial charge in [-0.2, -0.15) is 0 Å². The van der Waals surface area contributed by atoms with Crippen molar-refractivity contribution in [2.24, 2.45) is 5.92 Å². The summed E-state index contributed by atoms with van der Waals surface area (Å²) in [6.07, 6.45) is 6.48. The lowest BCUT2D eigenvalue weighted by Gasteiger charge is -2.28. The first-order chi connectivity index (χ1) is 10.6. The van der Waals surface area contributed by atoms with Crippen LogP contribution < -0.4 is 10.1 Å². The van der Waals surface area contributed by atoms with Gasteiger partial charge in [-0.3, -0.25) is 0 Å². The van der Waals surface area contributed by atoms with Gasteiger partial charge in [0.1, 0.15) is 5.75 Å². The zero-order valence-corrected chi connectivity index (χ0v) is 13.9. The third-order valence-electron chi connectivity index (χ3n) is 5.30. The number of nitrogens with one attached hydrogen (secondary N) is 1. The maximum Gasteiger partial charge on any atom is 0.124 e. The van der Waals surface area contributed by atoms with Gasteiger partial charge in [-0.15, -0.1) is 0 Å². The number of hydrogen-bond donors (Lipinski definition) is 2. The van der Waals surface area contributed by atoms with Gasteiger partial charge in [-0.05, 0) is 75.6 Å². The quantitative estimate of drug-likeness (QED) is 0.895. The molecule has 0 amide bonds. The van der Waals surface area contributed by atoms with Gasteiger partial charge in [0.25, 0.3) is 0 Å². The number of aryl methyl sites for hydroxylation is 2. The largest absolute Gasteiger partial charge is 0.493 e. The fourth-order valence-electron chi connectivity index (χ4n) is 3.80. The number of fused-ring (bicyclic) bond motifs is 1. The predicted molar refractivity (Wildman–Crippen MR) is 89.4 cm³/mol. The molecule has 1 aromatic rings. The summed E-state index contributed by atoms with van der Waals surface area (Å²) in [6, 6.07) is 4.87. The summed E-state index contributed by atoms with van der Waals surface area (Å²) in [5.74, 6) is 1.67. The number of hydrogen-bond acceptors (Lipinski definition) is 3. The molecule has 0 spiro atoms. The van der Waals surface area contributed by atoms with E-state index in [1.54, 1.807) is 0 Å². The van der Waals surface area contributed by atoms with Crippen molar-refractivity contribution in [2.75, 3.05) is 13.2 Å². The summed E-state index contributed by atoms with van der Waals surface area (Å²) in [6.45, 7) is 6.15. The van der Waals surface area contributed by atoms with Crippen LogP contribution in [0.15, 0.2) is 12.1 Å². The van der Waals surface area contributed by atoms with E-state index in [4.69, 9.17) is 4.74 Å². The van der Waals surface area contributed by atoms with Gasteiger partial charge in [0.05, 0.1) is 12.7 Å². The molecule has 0 bridgehead atoms. The first kappa shape index (κ1) is 15.8. The second-order valence-corrected chi connectivity index (χ2v) is 7.11. The lowest BCUT2D eigenvalue weighted by molar-refractivity contribution is 0.0995. The smallest absolute Gasteiger partial charge is 0.124 e. The van der Waals surface area contributed by atoms with Crippen LogP contribution in [0.1, 0.15) is 61.3 Å². The van der Waals surface area contributed by atoms with Crippen molar-refractivity contribution in [1.82, 2.24) is 5.32 Å². The SMILES string of the molecule is Cc1cc2c(cc1C)C(NCC1CCCC(O)C1)CCCO2. The van der Waals surface area contributed by atoms with E-state index in [0.717, 1.165) is 51.0 Å². The topological polar surface area (TPSA) is 41.5 Å². The second-order valence-electron chi connectivity index (χ2n) is 7.11. The standard InChI is InChI=1S/C19H29NO2/c1-13-9-17-18(7-4-8-22-19(17)10-14(13)2)20-12-15-5-3-6-16(21)11-15/h9-10,15-16,18,20-21H,3-8,11-12H2,1-2H3. The van der Waals surface area contributed by atoms with Crippen LogP contribution in [-0.4, -0.2) is 24.4 Å². The Balaban J connectivity index is 1.70. The minimum atomic E-state index is -0.0878. The number of ether oxygens (including phenoxy) is 1. The Labute approximate surface area is 134 Å². The summed E-state index contributed by atoms with van der Waals surface area (Å²) in [4.78, 5) is 0. The van der Waals surface area contributed by atoms with Gasteiger partial charge in [-0.1, -0.05) is 12.5 Å². The summed E-state index contributed by atoms with van der Waals surface area (Å²) in [7, 11) is 0. The molecule has 3 rings (SSSR count). The van der Waals surface area contributed by atoms with Gasteiger partial charge < -0.3 is 15.2 Å². The molecule has 1 saturated carbocycles. The highest BCUT2D eigenvalue weighted by atomic mass is 16.5. The number of benzene rings is 1. The molecule has 1 fully saturated rings. The van der Waals surface area contributed by atoms with Crippen molar-refractivity contribution in [3.05, 3.63) is 28.8 Å². The Bertz CT molecular complexity index is 514. The van der Waals surface area contributed by atoms with E-state index >= 15 is 0 Å². The molecule has 22 heavy (non-hydrogen) atoms. The Morgan fingerprint density at radius 2 is 1.95 bits per heavy atom. The Morgan fingerprint density at radius 3 is 2.77 bits per heavy atom. The van der Waals surface area contributed by atoms with Crippen LogP contribution in [-0.2, 0) is 0 Å². The Hall–Kier alpha value is -1.06. The van der Waals surface area contributed by atoms with Crippen LogP contribution in [0, 0.1) is 19.8 Å². The first-order valence-corrected chi connectivity index (χ1v) is 8.79. The number of aliphatic hydroxyl groups is 1. The molecule has 3 heteroatoms. The van der Waals surface area contributed by atoms with Gasteiger partial charge >= 0.3 is 0 Å². The van der Waals surface area contributed by atoms with Gasteiger partial charge in [0, 0.05) is 11.6 Å². The third-order valence-corrected chi connectivity index (χ3v) is 5.30. The first-order valence-electron chi connectivity index (χ1n) is 8.79. The van der Waals surface area contributed by atoms with E-state index in [1.165, 1.54) is 23.1 Å². The summed E-state index contributed by atoms with van der Waals surface area (Å²) < 4.78 is 5.94. The zero-order valence-electron chi connectivity index (χ0n) is 13.9. The predicted octanol–water partition coefficient (Wildman–Crippen LogP) is 3.66. The molecule has 3 atom stereocenters. The molecule has 1 heterocycles. The van der Waals surface area contributed by atoms with Crippen LogP contribution in [0.3, 0.4) is 0 Å². The molecule has 0 radical (unpaired) electrons.